The first kappa shape index (κ1) is 21.9. The van der Waals surface area contributed by atoms with Gasteiger partial charge in [-0.1, -0.05) is 12.1 Å². The number of rotatable bonds is 7. The number of carbonyl (C=O) groups is 1. The first-order valence-electron chi connectivity index (χ1n) is 8.86. The number of para-hydroxylation sites is 1. The van der Waals surface area contributed by atoms with E-state index in [9.17, 15) is 24.5 Å². The molecule has 0 aliphatic carbocycles. The molecule has 0 spiro atoms. The number of nitro benzene ring substituents is 1. The van der Waals surface area contributed by atoms with Crippen molar-refractivity contribution in [2.24, 2.45) is 5.10 Å². The van der Waals surface area contributed by atoms with E-state index in [1.165, 1.54) is 12.1 Å². The van der Waals surface area contributed by atoms with Gasteiger partial charge in [-0.3, -0.25) is 14.9 Å². The molecule has 0 fully saturated rings. The molecule has 2 aromatic carbocycles. The average Bonchev–Trinajstić information content (AvgIpc) is 2.72. The van der Waals surface area contributed by atoms with Crippen molar-refractivity contribution in [3.05, 3.63) is 77.4 Å². The number of H-pyrrole nitrogens is 1. The number of aromatic amines is 1. The molecule has 0 saturated carbocycles. The lowest BCUT2D eigenvalue weighted by molar-refractivity contribution is -0.385. The fourth-order valence-corrected chi connectivity index (χ4v) is 3.25. The Labute approximate surface area is 182 Å². The lowest BCUT2D eigenvalue weighted by Crippen LogP contribution is -2.32. The molecule has 1 N–H and O–H groups in total. The zero-order chi connectivity index (χ0) is 22.5. The van der Waals surface area contributed by atoms with Gasteiger partial charge in [0.15, 0.2) is 6.61 Å². The number of ether oxygens (including phenoxy) is 2. The summed E-state index contributed by atoms with van der Waals surface area (Å²) in [5.74, 6) is -0.847. The third-order valence-corrected chi connectivity index (χ3v) is 4.58. The Morgan fingerprint density at radius 2 is 2.06 bits per heavy atom. The van der Waals surface area contributed by atoms with E-state index in [1.807, 2.05) is 0 Å². The highest BCUT2D eigenvalue weighted by Gasteiger charge is 2.21. The molecule has 0 saturated heterocycles. The summed E-state index contributed by atoms with van der Waals surface area (Å²) in [5, 5.41) is 15.6. The molecule has 0 bridgehead atoms. The van der Waals surface area contributed by atoms with Gasteiger partial charge in [-0.2, -0.15) is 5.10 Å². The van der Waals surface area contributed by atoms with Crippen LogP contribution in [-0.4, -0.2) is 40.0 Å². The van der Waals surface area contributed by atoms with Crippen molar-refractivity contribution in [2.75, 3.05) is 13.2 Å². The smallest absolute Gasteiger partial charge is 0.349 e. The SMILES string of the molecule is CCOC(=O)COc1c(Br)cc(C=Nn2c(=O)[nH]c3ccccc3c2=O)cc1[N+](=O)[O-]. The monoisotopic (exact) mass is 490 g/mol. The first-order chi connectivity index (χ1) is 14.8. The van der Waals surface area contributed by atoms with E-state index in [0.717, 1.165) is 12.3 Å². The molecule has 0 amide bonds. The van der Waals surface area contributed by atoms with Gasteiger partial charge in [-0.05, 0) is 41.1 Å². The fourth-order valence-electron chi connectivity index (χ4n) is 2.67. The Morgan fingerprint density at radius 1 is 1.32 bits per heavy atom. The number of hydrogen-bond donors (Lipinski definition) is 1. The molecule has 1 aromatic heterocycles. The van der Waals surface area contributed by atoms with Crippen molar-refractivity contribution in [3.63, 3.8) is 0 Å². The average molecular weight is 491 g/mol. The maximum absolute atomic E-state index is 12.5. The van der Waals surface area contributed by atoms with Crippen LogP contribution in [0.5, 0.6) is 5.75 Å². The van der Waals surface area contributed by atoms with Gasteiger partial charge in [0.05, 0.1) is 33.1 Å². The van der Waals surface area contributed by atoms with Crippen LogP contribution in [0.25, 0.3) is 10.9 Å². The quantitative estimate of drug-likeness (QED) is 0.231. The zero-order valence-electron chi connectivity index (χ0n) is 16.0. The third-order valence-electron chi connectivity index (χ3n) is 3.99. The Morgan fingerprint density at radius 3 is 2.77 bits per heavy atom. The van der Waals surface area contributed by atoms with Gasteiger partial charge in [0.2, 0.25) is 5.75 Å². The molecule has 12 heteroatoms. The number of aromatic nitrogens is 2. The second-order valence-corrected chi connectivity index (χ2v) is 6.89. The minimum atomic E-state index is -0.761. The second-order valence-electron chi connectivity index (χ2n) is 6.04. The van der Waals surface area contributed by atoms with Gasteiger partial charge >= 0.3 is 17.3 Å². The molecule has 3 rings (SSSR count). The molecule has 31 heavy (non-hydrogen) atoms. The van der Waals surface area contributed by atoms with E-state index in [2.05, 4.69) is 26.0 Å². The standard InChI is InChI=1S/C19H15BrN4O7/c1-2-30-16(25)10-31-17-13(20)7-11(8-15(17)24(28)29)9-21-23-18(26)12-5-3-4-6-14(12)22-19(23)27/h3-9H,2,10H2,1H3,(H,22,27). The molecule has 160 valence electrons. The summed E-state index contributed by atoms with van der Waals surface area (Å²) in [7, 11) is 0. The Balaban J connectivity index is 1.97. The van der Waals surface area contributed by atoms with Gasteiger partial charge in [-0.25, -0.2) is 9.59 Å². The van der Waals surface area contributed by atoms with Crippen molar-refractivity contribution in [1.29, 1.82) is 0 Å². The number of nitrogens with one attached hydrogen (secondary N) is 1. The molecule has 0 unspecified atom stereocenters. The number of halogens is 1. The van der Waals surface area contributed by atoms with Crippen LogP contribution in [-0.2, 0) is 9.53 Å². The summed E-state index contributed by atoms with van der Waals surface area (Å²) in [6.45, 7) is 1.26. The van der Waals surface area contributed by atoms with Crippen molar-refractivity contribution in [2.45, 2.75) is 6.92 Å². The topological polar surface area (TPSA) is 146 Å². The van der Waals surface area contributed by atoms with Crippen molar-refractivity contribution in [3.8, 4) is 5.75 Å². The normalized spacial score (nSPS) is 11.0. The van der Waals surface area contributed by atoms with Gasteiger partial charge in [-0.15, -0.1) is 4.68 Å². The predicted molar refractivity (Wildman–Crippen MR) is 115 cm³/mol. The molecular weight excluding hydrogens is 476 g/mol. The van der Waals surface area contributed by atoms with E-state index in [0.29, 0.717) is 10.2 Å². The number of carbonyl (C=O) groups excluding carboxylic acids is 1. The molecular formula is C19H15BrN4O7. The zero-order valence-corrected chi connectivity index (χ0v) is 17.6. The van der Waals surface area contributed by atoms with E-state index in [-0.39, 0.29) is 27.8 Å². The van der Waals surface area contributed by atoms with Crippen LogP contribution in [0, 0.1) is 10.1 Å². The first-order valence-corrected chi connectivity index (χ1v) is 9.66. The van der Waals surface area contributed by atoms with Crippen LogP contribution in [0.15, 0.2) is 55.6 Å². The second kappa shape index (κ2) is 9.34. The van der Waals surface area contributed by atoms with Crippen LogP contribution < -0.4 is 16.0 Å². The van der Waals surface area contributed by atoms with Gasteiger partial charge in [0.25, 0.3) is 5.56 Å². The lowest BCUT2D eigenvalue weighted by Gasteiger charge is -2.09. The van der Waals surface area contributed by atoms with Crippen molar-refractivity contribution < 1.29 is 19.2 Å². The number of nitrogens with zero attached hydrogens (tertiary/aromatic N) is 3. The molecule has 0 radical (unpaired) electrons. The number of benzene rings is 2. The minimum absolute atomic E-state index is 0.147. The molecule has 1 heterocycles. The van der Waals surface area contributed by atoms with Crippen molar-refractivity contribution in [1.82, 2.24) is 9.66 Å². The van der Waals surface area contributed by atoms with E-state index in [1.54, 1.807) is 25.1 Å². The number of hydrogen-bond acceptors (Lipinski definition) is 8. The molecule has 3 aromatic rings. The lowest BCUT2D eigenvalue weighted by atomic mass is 10.2. The van der Waals surface area contributed by atoms with Gasteiger partial charge in [0, 0.05) is 11.6 Å². The Kier molecular flexibility index (Phi) is 6.60. The minimum Gasteiger partial charge on any atom is -0.474 e. The molecule has 0 atom stereocenters. The Hall–Kier alpha value is -3.80. The third kappa shape index (κ3) is 4.86. The molecule has 0 aliphatic rings. The maximum Gasteiger partial charge on any atom is 0.349 e. The summed E-state index contributed by atoms with van der Waals surface area (Å²) >= 11 is 3.16. The van der Waals surface area contributed by atoms with E-state index < -0.39 is 34.4 Å². The maximum atomic E-state index is 12.5. The van der Waals surface area contributed by atoms with Crippen molar-refractivity contribution >= 4 is 44.7 Å². The molecule has 11 nitrogen and oxygen atoms in total. The highest BCUT2D eigenvalue weighted by Crippen LogP contribution is 2.36. The van der Waals surface area contributed by atoms with Gasteiger partial charge in [0.1, 0.15) is 0 Å². The highest BCUT2D eigenvalue weighted by atomic mass is 79.9. The van der Waals surface area contributed by atoms with E-state index >= 15 is 0 Å². The van der Waals surface area contributed by atoms with E-state index in [4.69, 9.17) is 9.47 Å². The summed E-state index contributed by atoms with van der Waals surface area (Å²) in [4.78, 5) is 49.5. The van der Waals surface area contributed by atoms with Gasteiger partial charge < -0.3 is 14.5 Å². The fraction of sp³-hybridized carbons (Fsp3) is 0.158. The summed E-state index contributed by atoms with van der Waals surface area (Å²) in [6.07, 6.45) is 1.12. The molecule has 0 aliphatic heterocycles. The number of fused-ring (bicyclic) bond motifs is 1. The van der Waals surface area contributed by atoms with Crippen LogP contribution >= 0.6 is 15.9 Å². The summed E-state index contributed by atoms with van der Waals surface area (Å²) < 4.78 is 10.8. The Bertz CT molecular complexity index is 1310. The summed E-state index contributed by atoms with van der Waals surface area (Å²) in [5.41, 5.74) is -1.27. The largest absolute Gasteiger partial charge is 0.474 e. The highest BCUT2D eigenvalue weighted by molar-refractivity contribution is 9.10. The van der Waals surface area contributed by atoms with Crippen LogP contribution in [0.1, 0.15) is 12.5 Å². The number of nitro groups is 1. The number of esters is 1. The predicted octanol–water partition coefficient (Wildman–Crippen LogP) is 2.18. The summed E-state index contributed by atoms with van der Waals surface area (Å²) in [6, 6.07) is 9.00. The van der Waals surface area contributed by atoms with Crippen LogP contribution in [0.2, 0.25) is 0 Å². The van der Waals surface area contributed by atoms with Crippen LogP contribution in [0.3, 0.4) is 0 Å². The van der Waals surface area contributed by atoms with Crippen LogP contribution in [0.4, 0.5) is 5.69 Å².